The predicted octanol–water partition coefficient (Wildman–Crippen LogP) is 2.45. The van der Waals surface area contributed by atoms with E-state index in [1.807, 2.05) is 0 Å². The van der Waals surface area contributed by atoms with E-state index in [1.54, 1.807) is 0 Å². The molecule has 0 rings (SSSR count). The van der Waals surface area contributed by atoms with Crippen LogP contribution in [0, 0.1) is 5.41 Å². The molecule has 0 aliphatic carbocycles. The molecular weight excluding hydrogens is 202 g/mol. The van der Waals surface area contributed by atoms with E-state index < -0.39 is 0 Å². The normalized spacial score (nSPS) is 13.1. The van der Waals surface area contributed by atoms with Gasteiger partial charge in [-0.15, -0.1) is 0 Å². The number of rotatable bonds is 7. The van der Waals surface area contributed by atoms with Crippen LogP contribution in [0.15, 0.2) is 0 Å². The summed E-state index contributed by atoms with van der Waals surface area (Å²) in [6, 6.07) is 0. The van der Waals surface area contributed by atoms with Gasteiger partial charge in [0.25, 0.3) is 0 Å². The van der Waals surface area contributed by atoms with Gasteiger partial charge in [0, 0.05) is 13.1 Å². The minimum absolute atomic E-state index is 0.0617. The SMILES string of the molecule is CC(C)(C)CNCCOCCOC(C)(C)C. The van der Waals surface area contributed by atoms with Crippen molar-refractivity contribution < 1.29 is 9.47 Å². The molecule has 0 spiro atoms. The summed E-state index contributed by atoms with van der Waals surface area (Å²) in [7, 11) is 0. The second-order valence-corrected chi connectivity index (χ2v) is 6.31. The Kier molecular flexibility index (Phi) is 7.20. The fraction of sp³-hybridized carbons (Fsp3) is 1.00. The summed E-state index contributed by atoms with van der Waals surface area (Å²) in [6.45, 7) is 16.9. The van der Waals surface area contributed by atoms with Crippen molar-refractivity contribution in [2.45, 2.75) is 47.1 Å². The molecule has 0 amide bonds. The lowest BCUT2D eigenvalue weighted by Crippen LogP contribution is -2.30. The first-order valence-corrected chi connectivity index (χ1v) is 6.13. The van der Waals surface area contributed by atoms with Crippen LogP contribution in [0.25, 0.3) is 0 Å². The third kappa shape index (κ3) is 13.9. The largest absolute Gasteiger partial charge is 0.378 e. The molecule has 98 valence electrons. The van der Waals surface area contributed by atoms with Crippen LogP contribution in [-0.2, 0) is 9.47 Å². The van der Waals surface area contributed by atoms with Crippen molar-refractivity contribution in [1.29, 1.82) is 0 Å². The number of hydrogen-bond donors (Lipinski definition) is 1. The number of nitrogens with one attached hydrogen (secondary N) is 1. The van der Waals surface area contributed by atoms with Gasteiger partial charge in [-0.3, -0.25) is 0 Å². The van der Waals surface area contributed by atoms with E-state index in [0.717, 1.165) is 19.7 Å². The maximum Gasteiger partial charge on any atom is 0.0707 e. The molecular formula is C13H29NO2. The fourth-order valence-electron chi connectivity index (χ4n) is 1.12. The Labute approximate surface area is 101 Å². The van der Waals surface area contributed by atoms with E-state index >= 15 is 0 Å². The van der Waals surface area contributed by atoms with E-state index in [2.05, 4.69) is 46.9 Å². The van der Waals surface area contributed by atoms with Crippen molar-refractivity contribution in [3.05, 3.63) is 0 Å². The van der Waals surface area contributed by atoms with Gasteiger partial charge in [0.15, 0.2) is 0 Å². The molecule has 0 heterocycles. The number of hydrogen-bond acceptors (Lipinski definition) is 3. The van der Waals surface area contributed by atoms with Gasteiger partial charge in [-0.25, -0.2) is 0 Å². The van der Waals surface area contributed by atoms with Gasteiger partial charge in [-0.05, 0) is 26.2 Å². The first-order chi connectivity index (χ1) is 7.21. The van der Waals surface area contributed by atoms with Crippen LogP contribution >= 0.6 is 0 Å². The third-order valence-corrected chi connectivity index (χ3v) is 1.84. The molecule has 0 aromatic rings. The zero-order valence-corrected chi connectivity index (χ0v) is 11.9. The molecule has 3 heteroatoms. The Morgan fingerprint density at radius 2 is 1.50 bits per heavy atom. The molecule has 1 N–H and O–H groups in total. The fourth-order valence-corrected chi connectivity index (χ4v) is 1.12. The zero-order chi connectivity index (χ0) is 12.7. The summed E-state index contributed by atoms with van der Waals surface area (Å²) in [5.41, 5.74) is 0.281. The lowest BCUT2D eigenvalue weighted by molar-refractivity contribution is -0.0344. The highest BCUT2D eigenvalue weighted by Crippen LogP contribution is 2.09. The second-order valence-electron chi connectivity index (χ2n) is 6.31. The van der Waals surface area contributed by atoms with Gasteiger partial charge in [-0.2, -0.15) is 0 Å². The lowest BCUT2D eigenvalue weighted by Gasteiger charge is -2.20. The van der Waals surface area contributed by atoms with Gasteiger partial charge in [0.05, 0.1) is 25.4 Å². The molecule has 0 radical (unpaired) electrons. The molecule has 16 heavy (non-hydrogen) atoms. The molecule has 0 aliphatic rings. The molecule has 3 nitrogen and oxygen atoms in total. The number of ether oxygens (including phenoxy) is 2. The van der Waals surface area contributed by atoms with Crippen molar-refractivity contribution in [3.8, 4) is 0 Å². The first-order valence-electron chi connectivity index (χ1n) is 6.13. The van der Waals surface area contributed by atoms with E-state index in [4.69, 9.17) is 9.47 Å². The van der Waals surface area contributed by atoms with Gasteiger partial charge in [-0.1, -0.05) is 20.8 Å². The maximum absolute atomic E-state index is 5.54. The van der Waals surface area contributed by atoms with Gasteiger partial charge in [0.1, 0.15) is 0 Å². The molecule has 0 aromatic heterocycles. The molecule has 0 saturated carbocycles. The third-order valence-electron chi connectivity index (χ3n) is 1.84. The highest BCUT2D eigenvalue weighted by atomic mass is 16.5. The van der Waals surface area contributed by atoms with E-state index in [9.17, 15) is 0 Å². The Hall–Kier alpha value is -0.120. The standard InChI is InChI=1S/C13H29NO2/c1-12(2,3)11-14-7-8-15-9-10-16-13(4,5)6/h14H,7-11H2,1-6H3. The highest BCUT2D eigenvalue weighted by Gasteiger charge is 2.09. The summed E-state index contributed by atoms with van der Waals surface area (Å²) in [4.78, 5) is 0. The molecule has 0 aliphatic heterocycles. The molecule has 0 atom stereocenters. The smallest absolute Gasteiger partial charge is 0.0707 e. The molecule has 0 unspecified atom stereocenters. The summed E-state index contributed by atoms with van der Waals surface area (Å²) < 4.78 is 11.0. The average molecular weight is 231 g/mol. The highest BCUT2D eigenvalue weighted by molar-refractivity contribution is 4.64. The summed E-state index contributed by atoms with van der Waals surface area (Å²) in [5.74, 6) is 0. The molecule has 0 saturated heterocycles. The van der Waals surface area contributed by atoms with Crippen LogP contribution < -0.4 is 5.32 Å². The first kappa shape index (κ1) is 15.9. The summed E-state index contributed by atoms with van der Waals surface area (Å²) in [6.07, 6.45) is 0. The van der Waals surface area contributed by atoms with Gasteiger partial charge in [0.2, 0.25) is 0 Å². The minimum atomic E-state index is -0.0617. The molecule has 0 aromatic carbocycles. The van der Waals surface area contributed by atoms with Crippen LogP contribution in [-0.4, -0.2) is 38.5 Å². The lowest BCUT2D eigenvalue weighted by atomic mass is 9.97. The Morgan fingerprint density at radius 3 is 2.00 bits per heavy atom. The zero-order valence-electron chi connectivity index (χ0n) is 11.9. The van der Waals surface area contributed by atoms with Crippen molar-refractivity contribution in [3.63, 3.8) is 0 Å². The molecule has 0 fully saturated rings. The monoisotopic (exact) mass is 231 g/mol. The van der Waals surface area contributed by atoms with Crippen LogP contribution in [0.1, 0.15) is 41.5 Å². The average Bonchev–Trinajstić information content (AvgIpc) is 2.06. The van der Waals surface area contributed by atoms with Crippen molar-refractivity contribution in [2.24, 2.45) is 5.41 Å². The Morgan fingerprint density at radius 1 is 0.875 bits per heavy atom. The predicted molar refractivity (Wildman–Crippen MR) is 68.8 cm³/mol. The van der Waals surface area contributed by atoms with Crippen LogP contribution in [0.4, 0.5) is 0 Å². The van der Waals surface area contributed by atoms with E-state index in [-0.39, 0.29) is 5.60 Å². The van der Waals surface area contributed by atoms with E-state index in [1.165, 1.54) is 0 Å². The topological polar surface area (TPSA) is 30.5 Å². The Balaban J connectivity index is 3.17. The maximum atomic E-state index is 5.54. The van der Waals surface area contributed by atoms with Crippen LogP contribution in [0.5, 0.6) is 0 Å². The Bertz CT molecular complexity index is 148. The van der Waals surface area contributed by atoms with Crippen molar-refractivity contribution in [1.82, 2.24) is 5.32 Å². The summed E-state index contributed by atoms with van der Waals surface area (Å²) >= 11 is 0. The van der Waals surface area contributed by atoms with Gasteiger partial charge >= 0.3 is 0 Å². The van der Waals surface area contributed by atoms with Crippen molar-refractivity contribution >= 4 is 0 Å². The van der Waals surface area contributed by atoms with E-state index in [0.29, 0.717) is 18.6 Å². The minimum Gasteiger partial charge on any atom is -0.378 e. The molecule has 0 bridgehead atoms. The van der Waals surface area contributed by atoms with Crippen LogP contribution in [0.2, 0.25) is 0 Å². The summed E-state index contributed by atoms with van der Waals surface area (Å²) in [5, 5.41) is 3.37. The van der Waals surface area contributed by atoms with Crippen molar-refractivity contribution in [2.75, 3.05) is 32.9 Å². The van der Waals surface area contributed by atoms with Gasteiger partial charge < -0.3 is 14.8 Å². The van der Waals surface area contributed by atoms with Crippen LogP contribution in [0.3, 0.4) is 0 Å². The second kappa shape index (κ2) is 7.25. The quantitative estimate of drug-likeness (QED) is 0.683.